The minimum atomic E-state index is -4.77. The van der Waals surface area contributed by atoms with Gasteiger partial charge in [-0.05, 0) is 24.3 Å². The lowest BCUT2D eigenvalue weighted by Crippen LogP contribution is -2.45. The van der Waals surface area contributed by atoms with Crippen LogP contribution in [0.1, 0.15) is 16.1 Å². The summed E-state index contributed by atoms with van der Waals surface area (Å²) < 4.78 is 55.5. The van der Waals surface area contributed by atoms with Gasteiger partial charge in [-0.25, -0.2) is 4.39 Å². The van der Waals surface area contributed by atoms with Gasteiger partial charge in [-0.2, -0.15) is 13.2 Å². The van der Waals surface area contributed by atoms with Crippen molar-refractivity contribution in [3.05, 3.63) is 63.8 Å². The van der Waals surface area contributed by atoms with Crippen LogP contribution in [-0.4, -0.2) is 23.4 Å². The minimum absolute atomic E-state index is 0.187. The Morgan fingerprint density at radius 3 is 2.38 bits per heavy atom. The largest absolute Gasteiger partial charge is 0.481 e. The molecule has 0 saturated carbocycles. The molecule has 2 amide bonds. The molecule has 0 spiro atoms. The molecular formula is C15H11F4N3O4. The summed E-state index contributed by atoms with van der Waals surface area (Å²) in [5.74, 6) is -2.90. The van der Waals surface area contributed by atoms with Crippen molar-refractivity contribution in [3.8, 4) is 5.75 Å². The average Bonchev–Trinajstić information content (AvgIpc) is 2.58. The van der Waals surface area contributed by atoms with E-state index < -0.39 is 47.2 Å². The Morgan fingerprint density at radius 1 is 1.08 bits per heavy atom. The van der Waals surface area contributed by atoms with Crippen molar-refractivity contribution in [2.24, 2.45) is 0 Å². The van der Waals surface area contributed by atoms with Crippen LogP contribution in [0.15, 0.2) is 41.2 Å². The fourth-order valence-corrected chi connectivity index (χ4v) is 1.75. The first-order valence-corrected chi connectivity index (χ1v) is 6.95. The third-order valence-electron chi connectivity index (χ3n) is 2.97. The number of hydrazine groups is 1. The Kier molecular flexibility index (Phi) is 5.60. The zero-order chi connectivity index (χ0) is 19.3. The number of pyridine rings is 1. The van der Waals surface area contributed by atoms with Gasteiger partial charge in [0.15, 0.2) is 18.2 Å². The topological polar surface area (TPSA) is 100 Å². The van der Waals surface area contributed by atoms with Crippen LogP contribution in [0.25, 0.3) is 0 Å². The molecule has 1 aromatic heterocycles. The molecule has 0 bridgehead atoms. The van der Waals surface area contributed by atoms with E-state index in [0.717, 1.165) is 6.07 Å². The number of benzene rings is 1. The summed E-state index contributed by atoms with van der Waals surface area (Å²) in [4.78, 5) is 36.3. The molecule has 1 heterocycles. The third kappa shape index (κ3) is 4.82. The standard InChI is InChI=1S/C15H11F4N3O4/c16-9-3-1-2-4-10(9)26-7-12(23)21-22-14(25)8-5-6-11(15(17,18)19)20-13(8)24/h1-6H,7H2,(H,20,24)(H,21,23)(H,22,25). The SMILES string of the molecule is O=C(COc1ccccc1F)NNC(=O)c1ccc(C(F)(F)F)[nH]c1=O. The summed E-state index contributed by atoms with van der Waals surface area (Å²) >= 11 is 0. The van der Waals surface area contributed by atoms with Crippen LogP contribution < -0.4 is 21.1 Å². The van der Waals surface area contributed by atoms with Crippen LogP contribution in [0, 0.1) is 5.82 Å². The first-order valence-electron chi connectivity index (χ1n) is 6.95. The Bertz CT molecular complexity index is 880. The molecule has 0 aliphatic heterocycles. The quantitative estimate of drug-likeness (QED) is 0.557. The predicted molar refractivity (Wildman–Crippen MR) is 79.6 cm³/mol. The number of amides is 2. The molecule has 7 nitrogen and oxygen atoms in total. The lowest BCUT2D eigenvalue weighted by molar-refractivity contribution is -0.141. The molecule has 0 aliphatic rings. The number of hydrogen-bond donors (Lipinski definition) is 3. The summed E-state index contributed by atoms with van der Waals surface area (Å²) in [6, 6.07) is 6.48. The lowest BCUT2D eigenvalue weighted by atomic mass is 10.2. The number of hydrogen-bond acceptors (Lipinski definition) is 4. The molecule has 0 fully saturated rings. The highest BCUT2D eigenvalue weighted by Crippen LogP contribution is 2.26. The molecule has 138 valence electrons. The van der Waals surface area contributed by atoms with E-state index in [-0.39, 0.29) is 5.75 Å². The molecule has 0 radical (unpaired) electrons. The smallest absolute Gasteiger partial charge is 0.431 e. The van der Waals surface area contributed by atoms with Crippen molar-refractivity contribution in [2.45, 2.75) is 6.18 Å². The highest BCUT2D eigenvalue weighted by Gasteiger charge is 2.32. The van der Waals surface area contributed by atoms with Gasteiger partial charge in [-0.15, -0.1) is 0 Å². The molecule has 2 aromatic rings. The predicted octanol–water partition coefficient (Wildman–Crippen LogP) is 1.37. The fourth-order valence-electron chi connectivity index (χ4n) is 1.75. The highest BCUT2D eigenvalue weighted by molar-refractivity contribution is 5.95. The minimum Gasteiger partial charge on any atom is -0.481 e. The van der Waals surface area contributed by atoms with E-state index in [2.05, 4.69) is 0 Å². The van der Waals surface area contributed by atoms with Gasteiger partial charge in [0.1, 0.15) is 11.3 Å². The summed E-state index contributed by atoms with van der Waals surface area (Å²) in [6.45, 7) is -0.648. The van der Waals surface area contributed by atoms with Gasteiger partial charge in [-0.3, -0.25) is 25.2 Å². The van der Waals surface area contributed by atoms with Crippen molar-refractivity contribution in [1.29, 1.82) is 0 Å². The number of aromatic amines is 1. The lowest BCUT2D eigenvalue weighted by Gasteiger charge is -2.10. The number of para-hydroxylation sites is 1. The molecule has 26 heavy (non-hydrogen) atoms. The van der Waals surface area contributed by atoms with Crippen molar-refractivity contribution in [2.75, 3.05) is 6.61 Å². The number of halogens is 4. The van der Waals surface area contributed by atoms with Crippen LogP contribution in [-0.2, 0) is 11.0 Å². The van der Waals surface area contributed by atoms with E-state index in [9.17, 15) is 31.9 Å². The van der Waals surface area contributed by atoms with Crippen LogP contribution >= 0.6 is 0 Å². The maximum Gasteiger partial charge on any atom is 0.431 e. The number of H-pyrrole nitrogens is 1. The Hall–Kier alpha value is -3.37. The van der Waals surface area contributed by atoms with Gasteiger partial charge in [0.25, 0.3) is 17.4 Å². The second-order valence-electron chi connectivity index (χ2n) is 4.83. The summed E-state index contributed by atoms with van der Waals surface area (Å²) in [5.41, 5.74) is 0.471. The van der Waals surface area contributed by atoms with Crippen molar-refractivity contribution in [3.63, 3.8) is 0 Å². The fraction of sp³-hybridized carbons (Fsp3) is 0.133. The summed E-state index contributed by atoms with van der Waals surface area (Å²) in [7, 11) is 0. The highest BCUT2D eigenvalue weighted by atomic mass is 19.4. The molecule has 3 N–H and O–H groups in total. The van der Waals surface area contributed by atoms with E-state index in [4.69, 9.17) is 4.74 Å². The van der Waals surface area contributed by atoms with Gasteiger partial charge in [0, 0.05) is 0 Å². The first-order chi connectivity index (χ1) is 12.2. The Morgan fingerprint density at radius 2 is 1.77 bits per heavy atom. The summed E-state index contributed by atoms with van der Waals surface area (Å²) in [6.07, 6.45) is -4.77. The van der Waals surface area contributed by atoms with Crippen LogP contribution in [0.4, 0.5) is 17.6 Å². The number of rotatable bonds is 4. The molecule has 11 heteroatoms. The maximum atomic E-state index is 13.3. The van der Waals surface area contributed by atoms with E-state index in [1.54, 1.807) is 0 Å². The van der Waals surface area contributed by atoms with E-state index in [0.29, 0.717) is 12.1 Å². The molecule has 0 unspecified atom stereocenters. The Balaban J connectivity index is 1.91. The number of alkyl halides is 3. The molecule has 2 rings (SSSR count). The first kappa shape index (κ1) is 19.0. The third-order valence-corrected chi connectivity index (χ3v) is 2.97. The van der Waals surface area contributed by atoms with E-state index >= 15 is 0 Å². The van der Waals surface area contributed by atoms with Crippen molar-refractivity contribution in [1.82, 2.24) is 15.8 Å². The van der Waals surface area contributed by atoms with Gasteiger partial charge in [0.2, 0.25) is 0 Å². The monoisotopic (exact) mass is 373 g/mol. The van der Waals surface area contributed by atoms with Crippen molar-refractivity contribution >= 4 is 11.8 Å². The normalized spacial score (nSPS) is 10.9. The zero-order valence-corrected chi connectivity index (χ0v) is 12.8. The number of ether oxygens (including phenoxy) is 1. The number of carbonyl (C=O) groups excluding carboxylic acids is 2. The maximum absolute atomic E-state index is 13.3. The van der Waals surface area contributed by atoms with Crippen molar-refractivity contribution < 1.29 is 31.9 Å². The number of carbonyl (C=O) groups is 2. The number of nitrogens with one attached hydrogen (secondary N) is 3. The molecule has 0 saturated heterocycles. The van der Waals surface area contributed by atoms with Crippen LogP contribution in [0.2, 0.25) is 0 Å². The second-order valence-corrected chi connectivity index (χ2v) is 4.83. The van der Waals surface area contributed by atoms with Crippen LogP contribution in [0.3, 0.4) is 0 Å². The van der Waals surface area contributed by atoms with E-state index in [1.807, 2.05) is 10.9 Å². The zero-order valence-electron chi connectivity index (χ0n) is 12.8. The van der Waals surface area contributed by atoms with Gasteiger partial charge >= 0.3 is 6.18 Å². The second kappa shape index (κ2) is 7.68. The van der Waals surface area contributed by atoms with Gasteiger partial charge in [0.05, 0.1) is 0 Å². The molecule has 0 aliphatic carbocycles. The molecule has 1 aromatic carbocycles. The summed E-state index contributed by atoms with van der Waals surface area (Å²) in [5, 5.41) is 0. The Labute approximate surface area is 142 Å². The average molecular weight is 373 g/mol. The molecule has 0 atom stereocenters. The van der Waals surface area contributed by atoms with E-state index in [1.165, 1.54) is 23.2 Å². The van der Waals surface area contributed by atoms with Crippen LogP contribution in [0.5, 0.6) is 5.75 Å². The van der Waals surface area contributed by atoms with Gasteiger partial charge < -0.3 is 9.72 Å². The van der Waals surface area contributed by atoms with Gasteiger partial charge in [-0.1, -0.05) is 12.1 Å². The molecular weight excluding hydrogens is 362 g/mol. The number of aromatic nitrogens is 1.